The Morgan fingerprint density at radius 3 is 2.34 bits per heavy atom. The molecule has 1 aromatic carbocycles. The number of carboxylic acid groups (broad SMARTS) is 1. The number of carbonyl (C=O) groups excluding carboxylic acids is 1. The van der Waals surface area contributed by atoms with Crippen LogP contribution in [0.25, 0.3) is 0 Å². The highest BCUT2D eigenvalue weighted by molar-refractivity contribution is 5.78. The van der Waals surface area contributed by atoms with Crippen molar-refractivity contribution in [2.24, 2.45) is 5.92 Å². The Morgan fingerprint density at radius 1 is 1.09 bits per heavy atom. The first-order valence-corrected chi connectivity index (χ1v) is 12.4. The van der Waals surface area contributed by atoms with Crippen molar-refractivity contribution in [1.29, 1.82) is 0 Å². The van der Waals surface area contributed by atoms with Gasteiger partial charge in [-0.05, 0) is 76.9 Å². The van der Waals surface area contributed by atoms with E-state index in [0.717, 1.165) is 45.2 Å². The number of urea groups is 1. The van der Waals surface area contributed by atoms with E-state index in [0.29, 0.717) is 18.9 Å². The first kappa shape index (κ1) is 23.1. The molecule has 1 aliphatic heterocycles. The maximum absolute atomic E-state index is 13.5. The fourth-order valence-corrected chi connectivity index (χ4v) is 6.14. The third-order valence-corrected chi connectivity index (χ3v) is 8.47. The molecule has 1 saturated heterocycles. The monoisotopic (exact) mass is 441 g/mol. The number of carbonyl (C=O) groups is 2. The molecule has 3 fully saturated rings. The number of unbranched alkanes of at least 4 members (excludes halogenated alkanes) is 1. The quantitative estimate of drug-likeness (QED) is 0.571. The molecule has 2 saturated carbocycles. The van der Waals surface area contributed by atoms with E-state index in [-0.39, 0.29) is 23.5 Å². The lowest BCUT2D eigenvalue weighted by Gasteiger charge is -2.51. The molecule has 0 atom stereocenters. The molecule has 6 heteroatoms. The van der Waals surface area contributed by atoms with Crippen molar-refractivity contribution in [3.05, 3.63) is 35.9 Å². The molecule has 4 rings (SSSR count). The van der Waals surface area contributed by atoms with Crippen LogP contribution in [0, 0.1) is 5.92 Å². The fourth-order valence-electron chi connectivity index (χ4n) is 6.14. The van der Waals surface area contributed by atoms with E-state index >= 15 is 0 Å². The first-order valence-electron chi connectivity index (χ1n) is 12.4. The lowest BCUT2D eigenvalue weighted by atomic mass is 9.68. The zero-order valence-electron chi connectivity index (χ0n) is 19.8. The van der Waals surface area contributed by atoms with Crippen LogP contribution < -0.4 is 0 Å². The van der Waals surface area contributed by atoms with Gasteiger partial charge in [-0.2, -0.15) is 0 Å². The third kappa shape index (κ3) is 4.39. The second-order valence-corrected chi connectivity index (χ2v) is 10.5. The van der Waals surface area contributed by atoms with Gasteiger partial charge in [0.25, 0.3) is 0 Å². The predicted molar refractivity (Wildman–Crippen MR) is 126 cm³/mol. The Hall–Kier alpha value is -2.08. The zero-order chi connectivity index (χ0) is 22.8. The topological polar surface area (TPSA) is 64.1 Å². The van der Waals surface area contributed by atoms with E-state index in [4.69, 9.17) is 5.11 Å². The molecule has 0 bridgehead atoms. The maximum Gasteiger partial charge on any atom is 0.320 e. The minimum Gasteiger partial charge on any atom is -0.481 e. The fraction of sp³-hybridized carbons (Fsp3) is 0.692. The van der Waals surface area contributed by atoms with Crippen LogP contribution in [0.3, 0.4) is 0 Å². The van der Waals surface area contributed by atoms with Crippen LogP contribution in [-0.2, 0) is 10.3 Å². The van der Waals surface area contributed by atoms with Crippen LogP contribution in [0.5, 0.6) is 0 Å². The molecular formula is C26H39N3O3. The molecule has 0 unspecified atom stereocenters. The van der Waals surface area contributed by atoms with Crippen LogP contribution in [0.15, 0.2) is 30.3 Å². The average Bonchev–Trinajstić information content (AvgIpc) is 3.00. The van der Waals surface area contributed by atoms with E-state index in [1.807, 2.05) is 4.90 Å². The Kier molecular flexibility index (Phi) is 6.80. The second-order valence-electron chi connectivity index (χ2n) is 10.5. The smallest absolute Gasteiger partial charge is 0.320 e. The van der Waals surface area contributed by atoms with Crippen LogP contribution in [-0.4, -0.2) is 71.1 Å². The van der Waals surface area contributed by atoms with Gasteiger partial charge in [-0.3, -0.25) is 9.69 Å². The highest BCUT2D eigenvalue weighted by Crippen LogP contribution is 2.49. The molecule has 1 spiro atoms. The highest BCUT2D eigenvalue weighted by atomic mass is 16.4. The molecule has 1 heterocycles. The number of amides is 2. The lowest BCUT2D eigenvalue weighted by Crippen LogP contribution is -2.56. The summed E-state index contributed by atoms with van der Waals surface area (Å²) in [5, 5.41) is 8.93. The van der Waals surface area contributed by atoms with Crippen molar-refractivity contribution in [1.82, 2.24) is 14.7 Å². The summed E-state index contributed by atoms with van der Waals surface area (Å²) in [6.45, 7) is 2.36. The standard InChI is InChI=1S/C26H39N3O3/c1-27(2)26(22-11-4-3-5-12-22)16-14-25(15-17-26)20-28(18-7-6-13-23(30)31)24(32)29(25)19-21-9-8-10-21/h3-5,11-12,21H,6-10,13-20H2,1-2H3,(H,30,31). The van der Waals surface area contributed by atoms with Crippen LogP contribution >= 0.6 is 0 Å². The summed E-state index contributed by atoms with van der Waals surface area (Å²) in [4.78, 5) is 31.0. The number of aliphatic carboxylic acids is 1. The Morgan fingerprint density at radius 2 is 1.78 bits per heavy atom. The van der Waals surface area contributed by atoms with Gasteiger partial charge in [-0.1, -0.05) is 36.8 Å². The van der Waals surface area contributed by atoms with Crippen LogP contribution in [0.4, 0.5) is 4.79 Å². The maximum atomic E-state index is 13.5. The van der Waals surface area contributed by atoms with Crippen molar-refractivity contribution in [3.63, 3.8) is 0 Å². The lowest BCUT2D eigenvalue weighted by molar-refractivity contribution is -0.137. The summed E-state index contributed by atoms with van der Waals surface area (Å²) in [6, 6.07) is 11.0. The van der Waals surface area contributed by atoms with Gasteiger partial charge in [-0.25, -0.2) is 4.79 Å². The van der Waals surface area contributed by atoms with E-state index < -0.39 is 5.97 Å². The predicted octanol–water partition coefficient (Wildman–Crippen LogP) is 4.55. The molecule has 1 N–H and O–H groups in total. The second kappa shape index (κ2) is 9.42. The molecular weight excluding hydrogens is 402 g/mol. The zero-order valence-corrected chi connectivity index (χ0v) is 19.8. The molecule has 32 heavy (non-hydrogen) atoms. The molecule has 2 amide bonds. The van der Waals surface area contributed by atoms with Gasteiger partial charge in [0.1, 0.15) is 0 Å². The SMILES string of the molecule is CN(C)C1(c2ccccc2)CCC2(CC1)CN(CCCCC(=O)O)C(=O)N2CC1CCC1. The number of benzene rings is 1. The Balaban J connectivity index is 1.50. The number of rotatable bonds is 9. The van der Waals surface area contributed by atoms with Crippen molar-refractivity contribution in [2.45, 2.75) is 75.3 Å². The Bertz CT molecular complexity index is 798. The van der Waals surface area contributed by atoms with Gasteiger partial charge in [0.2, 0.25) is 0 Å². The normalized spacial score (nSPS) is 28.5. The molecule has 0 radical (unpaired) electrons. The summed E-state index contributed by atoms with van der Waals surface area (Å²) in [6.07, 6.45) is 9.47. The van der Waals surface area contributed by atoms with Crippen LogP contribution in [0.1, 0.15) is 69.8 Å². The van der Waals surface area contributed by atoms with E-state index in [2.05, 4.69) is 54.2 Å². The van der Waals surface area contributed by atoms with Crippen molar-refractivity contribution in [3.8, 4) is 0 Å². The van der Waals surface area contributed by atoms with Gasteiger partial charge in [-0.15, -0.1) is 0 Å². The van der Waals surface area contributed by atoms with Gasteiger partial charge >= 0.3 is 12.0 Å². The van der Waals surface area contributed by atoms with Gasteiger partial charge in [0.05, 0.1) is 5.54 Å². The Labute approximate surface area is 192 Å². The molecule has 3 aliphatic rings. The van der Waals surface area contributed by atoms with Gasteiger partial charge < -0.3 is 14.9 Å². The molecule has 176 valence electrons. The summed E-state index contributed by atoms with van der Waals surface area (Å²) >= 11 is 0. The van der Waals surface area contributed by atoms with Crippen molar-refractivity contribution < 1.29 is 14.7 Å². The minimum absolute atomic E-state index is 0.0204. The van der Waals surface area contributed by atoms with Gasteiger partial charge in [0, 0.05) is 31.6 Å². The number of carboxylic acids is 1. The summed E-state index contributed by atoms with van der Waals surface area (Å²) in [5.41, 5.74) is 1.32. The van der Waals surface area contributed by atoms with E-state index in [1.165, 1.54) is 24.8 Å². The number of nitrogens with zero attached hydrogens (tertiary/aromatic N) is 3. The first-order chi connectivity index (χ1) is 15.4. The average molecular weight is 442 g/mol. The molecule has 2 aliphatic carbocycles. The largest absolute Gasteiger partial charge is 0.481 e. The number of hydrogen-bond acceptors (Lipinski definition) is 3. The highest BCUT2D eigenvalue weighted by Gasteiger charge is 2.54. The van der Waals surface area contributed by atoms with Gasteiger partial charge in [0.15, 0.2) is 0 Å². The number of hydrogen-bond donors (Lipinski definition) is 1. The molecule has 6 nitrogen and oxygen atoms in total. The third-order valence-electron chi connectivity index (χ3n) is 8.47. The summed E-state index contributed by atoms with van der Waals surface area (Å²) < 4.78 is 0. The molecule has 0 aromatic heterocycles. The molecule has 1 aromatic rings. The minimum atomic E-state index is -0.756. The van der Waals surface area contributed by atoms with Crippen LogP contribution in [0.2, 0.25) is 0 Å². The van der Waals surface area contributed by atoms with E-state index in [1.54, 1.807) is 0 Å². The summed E-state index contributed by atoms with van der Waals surface area (Å²) in [7, 11) is 4.37. The summed E-state index contributed by atoms with van der Waals surface area (Å²) in [5.74, 6) is -0.105. The van der Waals surface area contributed by atoms with Crippen molar-refractivity contribution >= 4 is 12.0 Å². The van der Waals surface area contributed by atoms with Crippen molar-refractivity contribution in [2.75, 3.05) is 33.7 Å². The van der Waals surface area contributed by atoms with E-state index in [9.17, 15) is 9.59 Å².